The van der Waals surface area contributed by atoms with E-state index in [0.29, 0.717) is 5.17 Å². The van der Waals surface area contributed by atoms with Gasteiger partial charge in [0.2, 0.25) is 6.19 Å². The van der Waals surface area contributed by atoms with Gasteiger partial charge in [-0.05, 0) is 6.26 Å². The molecule has 1 heterocycles. The molecule has 0 aromatic carbocycles. The lowest BCUT2D eigenvalue weighted by atomic mass is 10.5. The zero-order chi connectivity index (χ0) is 9.52. The summed E-state index contributed by atoms with van der Waals surface area (Å²) >= 11 is 1.42. The molecule has 1 aliphatic rings. The second-order valence-corrected chi connectivity index (χ2v) is 3.23. The van der Waals surface area contributed by atoms with Crippen molar-refractivity contribution in [3.8, 4) is 6.19 Å². The average Bonchev–Trinajstić information content (AvgIpc) is 2.19. The third kappa shape index (κ3) is 3.63. The molecule has 0 aromatic heterocycles. The minimum Gasteiger partial charge on any atom is -0.379 e. The second-order valence-electron chi connectivity index (χ2n) is 2.43. The Morgan fingerprint density at radius 3 is 2.85 bits per heavy atom. The van der Waals surface area contributed by atoms with E-state index >= 15 is 0 Å². The van der Waals surface area contributed by atoms with Crippen LogP contribution in [-0.4, -0.2) is 42.7 Å². The lowest BCUT2D eigenvalue weighted by Gasteiger charge is -2.27. The van der Waals surface area contributed by atoms with Crippen LogP contribution in [0, 0.1) is 11.5 Å². The summed E-state index contributed by atoms with van der Waals surface area (Å²) in [6.45, 7) is 3.10. The summed E-state index contributed by atoms with van der Waals surface area (Å²) in [5.74, 6) is 0. The lowest BCUT2D eigenvalue weighted by Crippen LogP contribution is -2.47. The number of hydrogen-bond donors (Lipinski definition) is 1. The van der Waals surface area contributed by atoms with E-state index < -0.39 is 0 Å². The number of aliphatic imine (C=N–C) groups is 1. The Hall–Kier alpha value is -0.770. The summed E-state index contributed by atoms with van der Waals surface area (Å²) in [6.07, 6.45) is 3.63. The summed E-state index contributed by atoms with van der Waals surface area (Å²) in [5, 5.41) is 11.0. The number of amidine groups is 1. The molecule has 0 unspecified atom stereocenters. The SMILES string of the molecule is CSC(=NC#N)NN1CCOCC1. The molecule has 0 amide bonds. The zero-order valence-electron chi connectivity index (χ0n) is 7.49. The highest BCUT2D eigenvalue weighted by Crippen LogP contribution is 1.98. The maximum Gasteiger partial charge on any atom is 0.208 e. The number of hydrogen-bond acceptors (Lipinski definition) is 5. The van der Waals surface area contributed by atoms with E-state index in [4.69, 9.17) is 10.00 Å². The zero-order valence-corrected chi connectivity index (χ0v) is 8.30. The van der Waals surface area contributed by atoms with E-state index in [1.54, 1.807) is 6.19 Å². The number of rotatable bonds is 1. The number of morpholine rings is 1. The molecule has 1 fully saturated rings. The number of ether oxygens (including phenoxy) is 1. The molecule has 0 saturated carbocycles. The molecule has 0 spiro atoms. The van der Waals surface area contributed by atoms with Gasteiger partial charge in [0.1, 0.15) is 0 Å². The first-order valence-corrected chi connectivity index (χ1v) is 5.19. The Balaban J connectivity index is 2.37. The van der Waals surface area contributed by atoms with E-state index in [9.17, 15) is 0 Å². The van der Waals surface area contributed by atoms with Crippen molar-refractivity contribution in [3.63, 3.8) is 0 Å². The minimum absolute atomic E-state index is 0.629. The monoisotopic (exact) mass is 200 g/mol. The van der Waals surface area contributed by atoms with Crippen LogP contribution in [0.2, 0.25) is 0 Å². The van der Waals surface area contributed by atoms with Crippen molar-refractivity contribution < 1.29 is 4.74 Å². The van der Waals surface area contributed by atoms with Gasteiger partial charge < -0.3 is 4.74 Å². The summed E-state index contributed by atoms with van der Waals surface area (Å²) in [4.78, 5) is 3.63. The van der Waals surface area contributed by atoms with Crippen molar-refractivity contribution in [1.29, 1.82) is 5.26 Å². The van der Waals surface area contributed by atoms with Crippen LogP contribution < -0.4 is 5.43 Å². The fourth-order valence-corrected chi connectivity index (χ4v) is 1.32. The van der Waals surface area contributed by atoms with E-state index in [0.717, 1.165) is 26.3 Å². The normalized spacial score (nSPS) is 19.5. The smallest absolute Gasteiger partial charge is 0.208 e. The van der Waals surface area contributed by atoms with Crippen LogP contribution >= 0.6 is 11.8 Å². The average molecular weight is 200 g/mol. The molecule has 0 atom stereocenters. The van der Waals surface area contributed by atoms with Gasteiger partial charge in [0.05, 0.1) is 13.2 Å². The molecule has 0 bridgehead atoms. The highest BCUT2D eigenvalue weighted by Gasteiger charge is 2.10. The molecule has 0 radical (unpaired) electrons. The van der Waals surface area contributed by atoms with Crippen LogP contribution in [0.25, 0.3) is 0 Å². The first kappa shape index (κ1) is 10.3. The van der Waals surface area contributed by atoms with Crippen molar-refractivity contribution in [2.45, 2.75) is 0 Å². The Labute approximate surface area is 81.7 Å². The van der Waals surface area contributed by atoms with Gasteiger partial charge in [-0.2, -0.15) is 5.26 Å². The van der Waals surface area contributed by atoms with Gasteiger partial charge in [-0.15, -0.1) is 4.99 Å². The molecule has 13 heavy (non-hydrogen) atoms. The third-order valence-electron chi connectivity index (χ3n) is 1.61. The van der Waals surface area contributed by atoms with E-state index in [1.165, 1.54) is 11.8 Å². The number of nitriles is 1. The number of hydrazine groups is 1. The van der Waals surface area contributed by atoms with Crippen molar-refractivity contribution in [1.82, 2.24) is 10.4 Å². The second kappa shape index (κ2) is 5.80. The van der Waals surface area contributed by atoms with Crippen molar-refractivity contribution in [3.05, 3.63) is 0 Å². The summed E-state index contributed by atoms with van der Waals surface area (Å²) in [7, 11) is 0. The van der Waals surface area contributed by atoms with Crippen molar-refractivity contribution in [2.24, 2.45) is 4.99 Å². The predicted octanol–water partition coefficient (Wildman–Crippen LogP) is 0.0233. The molecule has 1 saturated heterocycles. The van der Waals surface area contributed by atoms with Gasteiger partial charge >= 0.3 is 0 Å². The summed E-state index contributed by atoms with van der Waals surface area (Å²) in [6, 6.07) is 0. The maximum absolute atomic E-state index is 8.36. The number of nitrogens with one attached hydrogen (secondary N) is 1. The predicted molar refractivity (Wildman–Crippen MR) is 52.1 cm³/mol. The standard InChI is InChI=1S/C7H12N4OS/c1-13-7(9-6-8)10-11-2-4-12-5-3-11/h2-5H2,1H3,(H,9,10). The first-order chi connectivity index (χ1) is 6.36. The largest absolute Gasteiger partial charge is 0.379 e. The maximum atomic E-state index is 8.36. The first-order valence-electron chi connectivity index (χ1n) is 3.97. The molecule has 1 aliphatic heterocycles. The molecule has 0 aromatic rings. The Morgan fingerprint density at radius 1 is 1.62 bits per heavy atom. The van der Waals surface area contributed by atoms with Crippen LogP contribution in [-0.2, 0) is 4.74 Å². The molecular weight excluding hydrogens is 188 g/mol. The topological polar surface area (TPSA) is 60.7 Å². The number of nitrogens with zero attached hydrogens (tertiary/aromatic N) is 3. The van der Waals surface area contributed by atoms with E-state index in [2.05, 4.69) is 10.4 Å². The van der Waals surface area contributed by atoms with Crippen molar-refractivity contribution in [2.75, 3.05) is 32.6 Å². The fraction of sp³-hybridized carbons (Fsp3) is 0.714. The van der Waals surface area contributed by atoms with Gasteiger partial charge in [0, 0.05) is 13.1 Å². The van der Waals surface area contributed by atoms with Crippen molar-refractivity contribution >= 4 is 16.9 Å². The summed E-state index contributed by atoms with van der Waals surface area (Å²) in [5.41, 5.74) is 3.05. The van der Waals surface area contributed by atoms with Crippen LogP contribution in [0.3, 0.4) is 0 Å². The van der Waals surface area contributed by atoms with Gasteiger partial charge in [0.25, 0.3) is 0 Å². The Morgan fingerprint density at radius 2 is 2.31 bits per heavy atom. The molecule has 72 valence electrons. The van der Waals surface area contributed by atoms with E-state index in [-0.39, 0.29) is 0 Å². The molecule has 0 aliphatic carbocycles. The Kier molecular flexibility index (Phi) is 4.60. The molecule has 1 N–H and O–H groups in total. The summed E-state index contributed by atoms with van der Waals surface area (Å²) < 4.78 is 5.18. The fourth-order valence-electron chi connectivity index (χ4n) is 0.972. The molecule has 1 rings (SSSR count). The van der Waals surface area contributed by atoms with Gasteiger partial charge in [-0.25, -0.2) is 5.01 Å². The number of thioether (sulfide) groups is 1. The van der Waals surface area contributed by atoms with Gasteiger partial charge in [-0.3, -0.25) is 5.43 Å². The third-order valence-corrected chi connectivity index (χ3v) is 2.18. The van der Waals surface area contributed by atoms with Crippen LogP contribution in [0.5, 0.6) is 0 Å². The van der Waals surface area contributed by atoms with E-state index in [1.807, 2.05) is 11.3 Å². The van der Waals surface area contributed by atoms with Crippen LogP contribution in [0.4, 0.5) is 0 Å². The quantitative estimate of drug-likeness (QED) is 0.367. The Bertz CT molecular complexity index is 219. The lowest BCUT2D eigenvalue weighted by molar-refractivity contribution is 0.0254. The minimum atomic E-state index is 0.629. The molecule has 5 nitrogen and oxygen atoms in total. The highest BCUT2D eigenvalue weighted by atomic mass is 32.2. The van der Waals surface area contributed by atoms with Gasteiger partial charge in [0.15, 0.2) is 5.17 Å². The van der Waals surface area contributed by atoms with Crippen LogP contribution in [0.15, 0.2) is 4.99 Å². The molecular formula is C7H12N4OS. The molecule has 6 heteroatoms. The van der Waals surface area contributed by atoms with Crippen LogP contribution in [0.1, 0.15) is 0 Å². The van der Waals surface area contributed by atoms with Gasteiger partial charge in [-0.1, -0.05) is 11.8 Å². The highest BCUT2D eigenvalue weighted by molar-refractivity contribution is 8.13.